The normalized spacial score (nSPS) is 32.4. The van der Waals surface area contributed by atoms with E-state index in [9.17, 15) is 8.42 Å². The lowest BCUT2D eigenvalue weighted by Crippen LogP contribution is -2.44. The van der Waals surface area contributed by atoms with E-state index in [1.807, 2.05) is 6.92 Å². The molecular weight excluding hydrogens is 258 g/mol. The van der Waals surface area contributed by atoms with Crippen LogP contribution in [0.1, 0.15) is 42.5 Å². The van der Waals surface area contributed by atoms with Crippen LogP contribution in [0, 0.1) is 6.92 Å². The molecular formula is C15H21NO2S. The average molecular weight is 279 g/mol. The van der Waals surface area contributed by atoms with Crippen LogP contribution in [0.5, 0.6) is 0 Å². The summed E-state index contributed by atoms with van der Waals surface area (Å²) in [6.07, 6.45) is 2.90. The summed E-state index contributed by atoms with van der Waals surface area (Å²) in [4.78, 5) is 0. The number of benzene rings is 1. The number of aryl methyl sites for hydroxylation is 2. The summed E-state index contributed by atoms with van der Waals surface area (Å²) in [6.45, 7) is 4.16. The standard InChI is InChI=1S/C15H21NO2S/c1-11-3-4-12-5-6-14(13(12)9-11)16-15(2)7-8-19(17,18)10-15/h3-4,9,14,16H,5-8,10H2,1-2H3. The number of hydrogen-bond donors (Lipinski definition) is 1. The van der Waals surface area contributed by atoms with Crippen LogP contribution in [0.15, 0.2) is 18.2 Å². The zero-order valence-corrected chi connectivity index (χ0v) is 12.4. The summed E-state index contributed by atoms with van der Waals surface area (Å²) in [6, 6.07) is 6.92. The van der Waals surface area contributed by atoms with Crippen LogP contribution in [0.4, 0.5) is 0 Å². The van der Waals surface area contributed by atoms with Crippen molar-refractivity contribution >= 4 is 9.84 Å². The molecule has 104 valence electrons. The predicted octanol–water partition coefficient (Wildman–Crippen LogP) is 2.15. The molecule has 0 spiro atoms. The molecule has 0 radical (unpaired) electrons. The number of fused-ring (bicyclic) bond motifs is 1. The molecule has 1 heterocycles. The van der Waals surface area contributed by atoms with Crippen molar-refractivity contribution in [3.05, 3.63) is 34.9 Å². The van der Waals surface area contributed by atoms with Gasteiger partial charge in [0.25, 0.3) is 0 Å². The van der Waals surface area contributed by atoms with Gasteiger partial charge in [0.1, 0.15) is 0 Å². The molecule has 3 rings (SSSR count). The molecule has 0 amide bonds. The van der Waals surface area contributed by atoms with Gasteiger partial charge in [-0.05, 0) is 44.2 Å². The quantitative estimate of drug-likeness (QED) is 0.902. The van der Waals surface area contributed by atoms with Crippen molar-refractivity contribution in [2.75, 3.05) is 11.5 Å². The third kappa shape index (κ3) is 2.56. The maximum atomic E-state index is 11.7. The lowest BCUT2D eigenvalue weighted by molar-refractivity contribution is 0.341. The highest BCUT2D eigenvalue weighted by atomic mass is 32.2. The van der Waals surface area contributed by atoms with Crippen molar-refractivity contribution in [3.63, 3.8) is 0 Å². The Hall–Kier alpha value is -0.870. The molecule has 0 aromatic heterocycles. The highest BCUT2D eigenvalue weighted by molar-refractivity contribution is 7.91. The average Bonchev–Trinajstić information content (AvgIpc) is 2.81. The van der Waals surface area contributed by atoms with Gasteiger partial charge in [0, 0.05) is 11.6 Å². The second kappa shape index (κ2) is 4.32. The van der Waals surface area contributed by atoms with E-state index < -0.39 is 9.84 Å². The Kier molecular flexibility index (Phi) is 2.98. The summed E-state index contributed by atoms with van der Waals surface area (Å²) in [5.74, 6) is 0.599. The molecule has 4 heteroatoms. The molecule has 2 aliphatic rings. The van der Waals surface area contributed by atoms with E-state index in [-0.39, 0.29) is 11.3 Å². The monoisotopic (exact) mass is 279 g/mol. The van der Waals surface area contributed by atoms with Gasteiger partial charge in [-0.15, -0.1) is 0 Å². The molecule has 1 aromatic carbocycles. The van der Waals surface area contributed by atoms with Gasteiger partial charge in [0.2, 0.25) is 0 Å². The molecule has 1 N–H and O–H groups in total. The largest absolute Gasteiger partial charge is 0.304 e. The topological polar surface area (TPSA) is 46.2 Å². The molecule has 1 aliphatic heterocycles. The van der Waals surface area contributed by atoms with Crippen molar-refractivity contribution in [1.29, 1.82) is 0 Å². The maximum absolute atomic E-state index is 11.7. The van der Waals surface area contributed by atoms with Crippen molar-refractivity contribution in [1.82, 2.24) is 5.32 Å². The molecule has 3 nitrogen and oxygen atoms in total. The molecule has 19 heavy (non-hydrogen) atoms. The zero-order valence-electron chi connectivity index (χ0n) is 11.6. The van der Waals surface area contributed by atoms with Crippen molar-refractivity contribution < 1.29 is 8.42 Å². The minimum absolute atomic E-state index is 0.255. The molecule has 2 unspecified atom stereocenters. The molecule has 1 fully saturated rings. The van der Waals surface area contributed by atoms with Crippen LogP contribution in [-0.4, -0.2) is 25.5 Å². The molecule has 0 bridgehead atoms. The van der Waals surface area contributed by atoms with E-state index in [2.05, 4.69) is 30.4 Å². The molecule has 1 aromatic rings. The fourth-order valence-corrected chi connectivity index (χ4v) is 5.52. The van der Waals surface area contributed by atoms with E-state index >= 15 is 0 Å². The fourth-order valence-electron chi connectivity index (χ4n) is 3.42. The summed E-state index contributed by atoms with van der Waals surface area (Å²) in [7, 11) is -2.84. The Morgan fingerprint density at radius 2 is 2.16 bits per heavy atom. The number of nitrogens with one attached hydrogen (secondary N) is 1. The molecule has 1 saturated heterocycles. The first-order valence-electron chi connectivity index (χ1n) is 6.94. The Labute approximate surface area is 115 Å². The van der Waals surface area contributed by atoms with E-state index in [0.29, 0.717) is 11.8 Å². The number of sulfone groups is 1. The first-order valence-corrected chi connectivity index (χ1v) is 8.77. The van der Waals surface area contributed by atoms with Gasteiger partial charge in [-0.3, -0.25) is 0 Å². The lowest BCUT2D eigenvalue weighted by Gasteiger charge is -2.29. The highest BCUT2D eigenvalue weighted by Gasteiger charge is 2.40. The summed E-state index contributed by atoms with van der Waals surface area (Å²) < 4.78 is 23.4. The lowest BCUT2D eigenvalue weighted by atomic mass is 9.98. The summed E-state index contributed by atoms with van der Waals surface area (Å²) in [5.41, 5.74) is 3.80. The van der Waals surface area contributed by atoms with Crippen LogP contribution >= 0.6 is 0 Å². The summed E-state index contributed by atoms with van der Waals surface area (Å²) in [5, 5.41) is 3.61. The van der Waals surface area contributed by atoms with Crippen LogP contribution in [0.3, 0.4) is 0 Å². The van der Waals surface area contributed by atoms with E-state index in [0.717, 1.165) is 19.3 Å². The van der Waals surface area contributed by atoms with E-state index in [4.69, 9.17) is 0 Å². The minimum Gasteiger partial charge on any atom is -0.304 e. The van der Waals surface area contributed by atoms with Gasteiger partial charge < -0.3 is 5.32 Å². The Morgan fingerprint density at radius 1 is 1.37 bits per heavy atom. The summed E-state index contributed by atoms with van der Waals surface area (Å²) >= 11 is 0. The Morgan fingerprint density at radius 3 is 2.84 bits per heavy atom. The van der Waals surface area contributed by atoms with Gasteiger partial charge in [-0.1, -0.05) is 23.8 Å². The van der Waals surface area contributed by atoms with Crippen molar-refractivity contribution in [3.8, 4) is 0 Å². The van der Waals surface area contributed by atoms with Gasteiger partial charge >= 0.3 is 0 Å². The SMILES string of the molecule is Cc1ccc2c(c1)C(NC1(C)CCS(=O)(=O)C1)CC2. The Bertz CT molecular complexity index is 609. The zero-order chi connectivity index (χ0) is 13.7. The second-order valence-electron chi connectivity index (χ2n) is 6.34. The highest BCUT2D eigenvalue weighted by Crippen LogP contribution is 2.35. The van der Waals surface area contributed by atoms with Crippen molar-refractivity contribution in [2.24, 2.45) is 0 Å². The third-order valence-corrected chi connectivity index (χ3v) is 6.31. The minimum atomic E-state index is -2.84. The maximum Gasteiger partial charge on any atom is 0.152 e. The first-order chi connectivity index (χ1) is 8.87. The number of hydrogen-bond acceptors (Lipinski definition) is 3. The molecule has 0 saturated carbocycles. The fraction of sp³-hybridized carbons (Fsp3) is 0.600. The van der Waals surface area contributed by atoms with Gasteiger partial charge in [0.05, 0.1) is 11.5 Å². The van der Waals surface area contributed by atoms with Crippen LogP contribution in [-0.2, 0) is 16.3 Å². The van der Waals surface area contributed by atoms with Crippen LogP contribution in [0.25, 0.3) is 0 Å². The van der Waals surface area contributed by atoms with Crippen LogP contribution < -0.4 is 5.32 Å². The Balaban J connectivity index is 1.82. The first kappa shape index (κ1) is 13.1. The predicted molar refractivity (Wildman–Crippen MR) is 77.1 cm³/mol. The molecule has 2 atom stereocenters. The smallest absolute Gasteiger partial charge is 0.152 e. The van der Waals surface area contributed by atoms with Gasteiger partial charge in [0.15, 0.2) is 9.84 Å². The molecule has 1 aliphatic carbocycles. The van der Waals surface area contributed by atoms with Crippen molar-refractivity contribution in [2.45, 2.75) is 44.7 Å². The van der Waals surface area contributed by atoms with Gasteiger partial charge in [-0.25, -0.2) is 8.42 Å². The van der Waals surface area contributed by atoms with Crippen LogP contribution in [0.2, 0.25) is 0 Å². The number of rotatable bonds is 2. The van der Waals surface area contributed by atoms with E-state index in [1.165, 1.54) is 16.7 Å². The second-order valence-corrected chi connectivity index (χ2v) is 8.52. The van der Waals surface area contributed by atoms with E-state index in [1.54, 1.807) is 0 Å². The van der Waals surface area contributed by atoms with Gasteiger partial charge in [-0.2, -0.15) is 0 Å². The third-order valence-electron chi connectivity index (χ3n) is 4.41.